The Labute approximate surface area is 214 Å². The van der Waals surface area contributed by atoms with Crippen molar-refractivity contribution < 1.29 is 0 Å². The largest absolute Gasteiger partial charge is 0.192 e. The smallest absolute Gasteiger partial charge is 0.101 e. The number of thiophene rings is 4. The molecule has 0 bridgehead atoms. The lowest BCUT2D eigenvalue weighted by Gasteiger charge is -2.00. The Kier molecular flexibility index (Phi) is 5.47. The molecule has 0 spiro atoms. The molecule has 1 nitrogen and oxygen atoms in total. The Hall–Kier alpha value is -3.01. The van der Waals surface area contributed by atoms with E-state index in [0.29, 0.717) is 0 Å². The van der Waals surface area contributed by atoms with Crippen LogP contribution in [0.25, 0.3) is 52.0 Å². The molecule has 0 N–H and O–H groups in total. The van der Waals surface area contributed by atoms with Gasteiger partial charge in [-0.25, -0.2) is 0 Å². The summed E-state index contributed by atoms with van der Waals surface area (Å²) in [6.07, 6.45) is 2.06. The molecule has 0 saturated heterocycles. The molecule has 4 aromatic heterocycles. The molecule has 0 amide bonds. The van der Waals surface area contributed by atoms with Crippen molar-refractivity contribution in [3.05, 3.63) is 93.0 Å². The van der Waals surface area contributed by atoms with Gasteiger partial charge in [0.2, 0.25) is 0 Å². The Bertz CT molecular complexity index is 1720. The van der Waals surface area contributed by atoms with Gasteiger partial charge in [0.15, 0.2) is 0 Å². The molecule has 6 aromatic rings. The average molecular weight is 510 g/mol. The zero-order valence-corrected chi connectivity index (χ0v) is 21.9. The van der Waals surface area contributed by atoms with E-state index < -0.39 is 0 Å². The summed E-state index contributed by atoms with van der Waals surface area (Å²) in [5.74, 6) is 0. The second-order valence-electron chi connectivity index (χ2n) is 8.13. The van der Waals surface area contributed by atoms with Crippen molar-refractivity contribution in [1.29, 1.82) is 5.26 Å². The number of benzene rings is 2. The zero-order chi connectivity index (χ0) is 23.2. The zero-order valence-electron chi connectivity index (χ0n) is 18.6. The van der Waals surface area contributed by atoms with Crippen molar-refractivity contribution in [2.75, 3.05) is 0 Å². The van der Waals surface area contributed by atoms with Crippen LogP contribution in [-0.2, 0) is 0 Å². The lowest BCUT2D eigenvalue weighted by molar-refractivity contribution is 1.52. The monoisotopic (exact) mass is 509 g/mol. The van der Waals surface area contributed by atoms with Crippen LogP contribution in [-0.4, -0.2) is 0 Å². The third-order valence-electron chi connectivity index (χ3n) is 6.11. The summed E-state index contributed by atoms with van der Waals surface area (Å²) in [4.78, 5) is 6.25. The van der Waals surface area contributed by atoms with Crippen LogP contribution in [0, 0.1) is 25.2 Å². The molecule has 0 aliphatic heterocycles. The Balaban J connectivity index is 1.51. The maximum absolute atomic E-state index is 9.72. The van der Waals surface area contributed by atoms with Gasteiger partial charge in [0.25, 0.3) is 0 Å². The van der Waals surface area contributed by atoms with Crippen molar-refractivity contribution >= 4 is 77.2 Å². The second kappa shape index (κ2) is 8.65. The van der Waals surface area contributed by atoms with Crippen molar-refractivity contribution in [1.82, 2.24) is 0 Å². The maximum atomic E-state index is 9.72. The number of hydrogen-bond donors (Lipinski definition) is 0. The number of nitrogens with zero attached hydrogens (tertiary/aromatic N) is 1. The second-order valence-corrected chi connectivity index (χ2v) is 12.4. The van der Waals surface area contributed by atoms with Gasteiger partial charge in [0, 0.05) is 35.7 Å². The van der Waals surface area contributed by atoms with Crippen LogP contribution >= 0.6 is 45.3 Å². The molecule has 0 unspecified atom stereocenters. The molecule has 164 valence electrons. The van der Waals surface area contributed by atoms with Crippen LogP contribution in [0.2, 0.25) is 0 Å². The summed E-state index contributed by atoms with van der Waals surface area (Å²) < 4.78 is 1.33. The van der Waals surface area contributed by atoms with Crippen LogP contribution in [0.1, 0.15) is 20.9 Å². The molecule has 0 atom stereocenters. The van der Waals surface area contributed by atoms with Crippen LogP contribution in [0.4, 0.5) is 0 Å². The van der Waals surface area contributed by atoms with Gasteiger partial charge >= 0.3 is 0 Å². The first-order valence-electron chi connectivity index (χ1n) is 10.9. The highest BCUT2D eigenvalue weighted by molar-refractivity contribution is 7.41. The topological polar surface area (TPSA) is 23.8 Å². The summed E-state index contributed by atoms with van der Waals surface area (Å²) in [6.45, 7) is 4.45. The quantitative estimate of drug-likeness (QED) is 0.217. The number of hydrogen-bond acceptors (Lipinski definition) is 5. The van der Waals surface area contributed by atoms with E-state index in [1.807, 2.05) is 40.2 Å². The molecule has 34 heavy (non-hydrogen) atoms. The SMILES string of the molecule is Cc1c(/C=C(/C#N)c2cccs2)sc2sc(-c3sc(-c4ccccc4)c4ccccc34)c(C)c12. The van der Waals surface area contributed by atoms with E-state index in [0.717, 1.165) is 10.5 Å². The molecule has 0 radical (unpaired) electrons. The van der Waals surface area contributed by atoms with Crippen molar-refractivity contribution in [3.63, 3.8) is 0 Å². The molecule has 0 aliphatic carbocycles. The highest BCUT2D eigenvalue weighted by Crippen LogP contribution is 2.51. The number of allylic oxidation sites excluding steroid dienone is 1. The summed E-state index contributed by atoms with van der Waals surface area (Å²) in [5, 5.41) is 15.7. The third-order valence-corrected chi connectivity index (χ3v) is 11.1. The third kappa shape index (κ3) is 3.46. The lowest BCUT2D eigenvalue weighted by atomic mass is 10.0. The fourth-order valence-electron chi connectivity index (χ4n) is 4.43. The normalized spacial score (nSPS) is 12.0. The minimum absolute atomic E-state index is 0.738. The fraction of sp³-hybridized carbons (Fsp3) is 0.0690. The van der Waals surface area contributed by atoms with Crippen LogP contribution in [0.3, 0.4) is 0 Å². The van der Waals surface area contributed by atoms with E-state index in [4.69, 9.17) is 0 Å². The van der Waals surface area contributed by atoms with Crippen LogP contribution in [0.15, 0.2) is 72.1 Å². The lowest BCUT2D eigenvalue weighted by Crippen LogP contribution is -1.79. The predicted octanol–water partition coefficient (Wildman–Crippen LogP) is 10.3. The van der Waals surface area contributed by atoms with Gasteiger partial charge in [0.1, 0.15) is 6.07 Å². The number of aryl methyl sites for hydroxylation is 2. The van der Waals surface area contributed by atoms with E-state index in [-0.39, 0.29) is 0 Å². The van der Waals surface area contributed by atoms with Crippen LogP contribution < -0.4 is 0 Å². The average Bonchev–Trinajstić information content (AvgIpc) is 3.64. The molecule has 5 heteroatoms. The highest BCUT2D eigenvalue weighted by atomic mass is 32.2. The van der Waals surface area contributed by atoms with E-state index in [9.17, 15) is 5.26 Å². The standard InChI is InChI=1S/C29H19NS4/c1-17-24(15-20(16-30)23-13-8-14-31-23)32-29-25(17)18(2)26(34-29)28-22-12-7-6-11-21(22)27(33-28)19-9-4-3-5-10-19/h3-15H,1-2H3/b20-15-. The van der Waals surface area contributed by atoms with E-state index in [1.54, 1.807) is 22.7 Å². The van der Waals surface area contributed by atoms with E-state index >= 15 is 0 Å². The minimum atomic E-state index is 0.738. The van der Waals surface area contributed by atoms with Crippen molar-refractivity contribution in [2.24, 2.45) is 0 Å². The first kappa shape index (κ1) is 21.5. The van der Waals surface area contributed by atoms with Crippen molar-refractivity contribution in [2.45, 2.75) is 13.8 Å². The minimum Gasteiger partial charge on any atom is -0.192 e. The van der Waals surface area contributed by atoms with Crippen molar-refractivity contribution in [3.8, 4) is 26.3 Å². The number of nitriles is 1. The van der Waals surface area contributed by atoms with Gasteiger partial charge in [-0.05, 0) is 48.1 Å². The summed E-state index contributed by atoms with van der Waals surface area (Å²) in [6, 6.07) is 25.9. The first-order valence-corrected chi connectivity index (χ1v) is 14.2. The molecular weight excluding hydrogens is 491 g/mol. The van der Waals surface area contributed by atoms with E-state index in [2.05, 4.69) is 80.6 Å². The maximum Gasteiger partial charge on any atom is 0.101 e. The van der Waals surface area contributed by atoms with Gasteiger partial charge in [-0.1, -0.05) is 60.7 Å². The first-order chi connectivity index (χ1) is 16.7. The van der Waals surface area contributed by atoms with Gasteiger partial charge < -0.3 is 0 Å². The Morgan fingerprint density at radius 2 is 1.50 bits per heavy atom. The predicted molar refractivity (Wildman–Crippen MR) is 153 cm³/mol. The summed E-state index contributed by atoms with van der Waals surface area (Å²) in [5.41, 5.74) is 4.62. The van der Waals surface area contributed by atoms with Crippen LogP contribution in [0.5, 0.6) is 0 Å². The number of rotatable bonds is 4. The van der Waals surface area contributed by atoms with Gasteiger partial charge in [0.05, 0.1) is 14.5 Å². The molecule has 0 saturated carbocycles. The van der Waals surface area contributed by atoms with Gasteiger partial charge in [-0.2, -0.15) is 5.26 Å². The molecule has 0 aliphatic rings. The van der Waals surface area contributed by atoms with E-state index in [1.165, 1.54) is 56.4 Å². The highest BCUT2D eigenvalue weighted by Gasteiger charge is 2.21. The molecule has 2 aromatic carbocycles. The Morgan fingerprint density at radius 3 is 2.18 bits per heavy atom. The van der Waals surface area contributed by atoms with Gasteiger partial charge in [-0.15, -0.1) is 45.3 Å². The van der Waals surface area contributed by atoms with Gasteiger partial charge in [-0.3, -0.25) is 0 Å². The number of fused-ring (bicyclic) bond motifs is 2. The molecular formula is C29H19NS4. The Morgan fingerprint density at radius 1 is 0.765 bits per heavy atom. The molecule has 4 heterocycles. The summed E-state index contributed by atoms with van der Waals surface area (Å²) >= 11 is 7.20. The molecule has 0 fully saturated rings. The fourth-order valence-corrected chi connectivity index (χ4v) is 9.43. The molecule has 6 rings (SSSR count). The summed E-state index contributed by atoms with van der Waals surface area (Å²) in [7, 11) is 0.